The van der Waals surface area contributed by atoms with E-state index in [0.29, 0.717) is 25.3 Å². The van der Waals surface area contributed by atoms with Gasteiger partial charge in [0.25, 0.3) is 5.91 Å². The lowest BCUT2D eigenvalue weighted by molar-refractivity contribution is 0.0947. The summed E-state index contributed by atoms with van der Waals surface area (Å²) >= 11 is 0. The molecule has 1 aliphatic rings. The summed E-state index contributed by atoms with van der Waals surface area (Å²) < 4.78 is 1.83. The second-order valence-corrected chi connectivity index (χ2v) is 4.94. The smallest absolute Gasteiger partial charge is 0.271 e. The lowest BCUT2D eigenvalue weighted by Crippen LogP contribution is -2.28. The number of aromatic nitrogens is 2. The van der Waals surface area contributed by atoms with Crippen molar-refractivity contribution in [3.63, 3.8) is 0 Å². The number of carbonyl (C=O) groups is 1. The van der Waals surface area contributed by atoms with Crippen LogP contribution in [-0.2, 0) is 6.54 Å². The van der Waals surface area contributed by atoms with E-state index in [1.165, 1.54) is 25.9 Å². The van der Waals surface area contributed by atoms with Gasteiger partial charge in [0.05, 0.1) is 6.33 Å². The first-order chi connectivity index (χ1) is 9.29. The Kier molecular flexibility index (Phi) is 5.35. The zero-order chi connectivity index (χ0) is 13.5. The van der Waals surface area contributed by atoms with Crippen LogP contribution >= 0.6 is 0 Å². The van der Waals surface area contributed by atoms with Crippen molar-refractivity contribution >= 4 is 5.91 Å². The van der Waals surface area contributed by atoms with Crippen LogP contribution in [0.25, 0.3) is 0 Å². The summed E-state index contributed by atoms with van der Waals surface area (Å²) in [6.45, 7) is 5.43. The number of nitrogens with two attached hydrogens (primary N) is 1. The molecule has 0 saturated carbocycles. The van der Waals surface area contributed by atoms with Crippen LogP contribution in [0.15, 0.2) is 12.5 Å². The molecular formula is C13H23N5O. The molecule has 3 N–H and O–H groups in total. The highest BCUT2D eigenvalue weighted by Crippen LogP contribution is 2.06. The first kappa shape index (κ1) is 14.0. The van der Waals surface area contributed by atoms with Gasteiger partial charge in [0.2, 0.25) is 0 Å². The minimum absolute atomic E-state index is 0.0998. The normalized spacial score (nSPS) is 15.8. The van der Waals surface area contributed by atoms with Crippen LogP contribution in [-0.4, -0.2) is 53.1 Å². The summed E-state index contributed by atoms with van der Waals surface area (Å²) in [6.07, 6.45) is 7.00. The molecular weight excluding hydrogens is 242 g/mol. The maximum atomic E-state index is 11.8. The summed E-state index contributed by atoms with van der Waals surface area (Å²) in [5, 5.41) is 2.91. The number of likely N-dealkylation sites (tertiary alicyclic amines) is 1. The summed E-state index contributed by atoms with van der Waals surface area (Å²) in [7, 11) is 0. The molecule has 1 fully saturated rings. The number of carbonyl (C=O) groups excluding carboxylic acids is 1. The molecule has 0 radical (unpaired) electrons. The molecule has 1 aromatic rings. The molecule has 0 atom stereocenters. The topological polar surface area (TPSA) is 76.2 Å². The van der Waals surface area contributed by atoms with Crippen LogP contribution in [0.1, 0.15) is 29.8 Å². The van der Waals surface area contributed by atoms with Gasteiger partial charge in [-0.15, -0.1) is 0 Å². The third-order valence-corrected chi connectivity index (χ3v) is 3.39. The fourth-order valence-corrected chi connectivity index (χ4v) is 2.35. The zero-order valence-electron chi connectivity index (χ0n) is 11.3. The lowest BCUT2D eigenvalue weighted by Gasteiger charge is -2.13. The number of imidazole rings is 1. The van der Waals surface area contributed by atoms with Crippen LogP contribution in [0.2, 0.25) is 0 Å². The van der Waals surface area contributed by atoms with Crippen molar-refractivity contribution in [1.29, 1.82) is 0 Å². The predicted molar refractivity (Wildman–Crippen MR) is 73.9 cm³/mol. The fraction of sp³-hybridized carbons (Fsp3) is 0.692. The second-order valence-electron chi connectivity index (χ2n) is 4.94. The minimum Gasteiger partial charge on any atom is -0.351 e. The molecule has 0 bridgehead atoms. The third kappa shape index (κ3) is 4.33. The Balaban J connectivity index is 1.65. The maximum absolute atomic E-state index is 11.8. The minimum atomic E-state index is -0.0998. The number of hydrogen-bond donors (Lipinski definition) is 2. The quantitative estimate of drug-likeness (QED) is 0.683. The van der Waals surface area contributed by atoms with E-state index in [0.717, 1.165) is 13.0 Å². The largest absolute Gasteiger partial charge is 0.351 e. The van der Waals surface area contributed by atoms with Gasteiger partial charge in [-0.25, -0.2) is 4.98 Å². The molecule has 0 aromatic carbocycles. The molecule has 2 rings (SSSR count). The number of nitrogens with one attached hydrogen (secondary N) is 1. The van der Waals surface area contributed by atoms with Crippen LogP contribution in [0.5, 0.6) is 0 Å². The summed E-state index contributed by atoms with van der Waals surface area (Å²) in [5.74, 6) is -0.0998. The summed E-state index contributed by atoms with van der Waals surface area (Å²) in [5.41, 5.74) is 5.92. The molecule has 2 heterocycles. The van der Waals surface area contributed by atoms with Gasteiger partial charge in [-0.2, -0.15) is 0 Å². The molecule has 1 saturated heterocycles. The molecule has 0 unspecified atom stereocenters. The van der Waals surface area contributed by atoms with Crippen molar-refractivity contribution in [2.24, 2.45) is 5.73 Å². The van der Waals surface area contributed by atoms with Gasteiger partial charge in [0.15, 0.2) is 0 Å². The van der Waals surface area contributed by atoms with Gasteiger partial charge in [-0.3, -0.25) is 4.79 Å². The van der Waals surface area contributed by atoms with Crippen molar-refractivity contribution in [1.82, 2.24) is 19.8 Å². The summed E-state index contributed by atoms with van der Waals surface area (Å²) in [6, 6.07) is 0. The van der Waals surface area contributed by atoms with Gasteiger partial charge in [-0.05, 0) is 38.9 Å². The Bertz CT molecular complexity index is 397. The Morgan fingerprint density at radius 3 is 2.89 bits per heavy atom. The highest BCUT2D eigenvalue weighted by Gasteiger charge is 2.11. The Labute approximate surface area is 114 Å². The van der Waals surface area contributed by atoms with Crippen molar-refractivity contribution < 1.29 is 4.79 Å². The number of hydrogen-bond acceptors (Lipinski definition) is 4. The van der Waals surface area contributed by atoms with E-state index in [9.17, 15) is 4.79 Å². The third-order valence-electron chi connectivity index (χ3n) is 3.39. The molecule has 6 heteroatoms. The molecule has 19 heavy (non-hydrogen) atoms. The van der Waals surface area contributed by atoms with Crippen LogP contribution in [0.3, 0.4) is 0 Å². The van der Waals surface area contributed by atoms with Crippen LogP contribution in [0, 0.1) is 0 Å². The Morgan fingerprint density at radius 1 is 1.37 bits per heavy atom. The molecule has 1 aromatic heterocycles. The summed E-state index contributed by atoms with van der Waals surface area (Å²) in [4.78, 5) is 18.3. The van der Waals surface area contributed by atoms with Crippen molar-refractivity contribution in [2.45, 2.75) is 25.8 Å². The standard InChI is InChI=1S/C13H23N5O/c14-4-9-18-10-12(16-11-18)13(19)15-5-3-8-17-6-1-2-7-17/h10-11H,1-9,14H2,(H,15,19). The SMILES string of the molecule is NCCn1cnc(C(=O)NCCCN2CCCC2)c1. The monoisotopic (exact) mass is 265 g/mol. The molecule has 106 valence electrons. The molecule has 0 aliphatic carbocycles. The Morgan fingerprint density at radius 2 is 2.16 bits per heavy atom. The predicted octanol–water partition coefficient (Wildman–Crippen LogP) is 0.0575. The van der Waals surface area contributed by atoms with Gasteiger partial charge in [0, 0.05) is 25.8 Å². The van der Waals surface area contributed by atoms with Gasteiger partial charge in [-0.1, -0.05) is 0 Å². The average molecular weight is 265 g/mol. The first-order valence-electron chi connectivity index (χ1n) is 7.02. The maximum Gasteiger partial charge on any atom is 0.271 e. The Hall–Kier alpha value is -1.40. The van der Waals surface area contributed by atoms with E-state index in [2.05, 4.69) is 15.2 Å². The number of nitrogens with zero attached hydrogens (tertiary/aromatic N) is 3. The van der Waals surface area contributed by atoms with E-state index in [1.807, 2.05) is 4.57 Å². The van der Waals surface area contributed by atoms with E-state index in [4.69, 9.17) is 5.73 Å². The van der Waals surface area contributed by atoms with E-state index in [1.54, 1.807) is 12.5 Å². The average Bonchev–Trinajstić information content (AvgIpc) is 3.06. The fourth-order valence-electron chi connectivity index (χ4n) is 2.35. The second kappa shape index (κ2) is 7.25. The van der Waals surface area contributed by atoms with E-state index in [-0.39, 0.29) is 5.91 Å². The van der Waals surface area contributed by atoms with Crippen LogP contribution in [0.4, 0.5) is 0 Å². The molecule has 1 amide bonds. The number of amides is 1. The van der Waals surface area contributed by atoms with Gasteiger partial charge in [0.1, 0.15) is 5.69 Å². The first-order valence-corrected chi connectivity index (χ1v) is 7.02. The highest BCUT2D eigenvalue weighted by atomic mass is 16.1. The molecule has 6 nitrogen and oxygen atoms in total. The zero-order valence-corrected chi connectivity index (χ0v) is 11.3. The van der Waals surface area contributed by atoms with Crippen molar-refractivity contribution in [3.05, 3.63) is 18.2 Å². The van der Waals surface area contributed by atoms with E-state index < -0.39 is 0 Å². The molecule has 0 spiro atoms. The lowest BCUT2D eigenvalue weighted by atomic mass is 10.3. The van der Waals surface area contributed by atoms with Gasteiger partial charge >= 0.3 is 0 Å². The highest BCUT2D eigenvalue weighted by molar-refractivity contribution is 5.91. The van der Waals surface area contributed by atoms with E-state index >= 15 is 0 Å². The molecule has 1 aliphatic heterocycles. The van der Waals surface area contributed by atoms with Crippen molar-refractivity contribution in [2.75, 3.05) is 32.7 Å². The number of rotatable bonds is 7. The van der Waals surface area contributed by atoms with Crippen molar-refractivity contribution in [3.8, 4) is 0 Å². The van der Waals surface area contributed by atoms with Gasteiger partial charge < -0.3 is 20.5 Å². The van der Waals surface area contributed by atoms with Crippen LogP contribution < -0.4 is 11.1 Å².